The lowest BCUT2D eigenvalue weighted by Crippen LogP contribution is -2.56. The molecule has 0 spiro atoms. The van der Waals surface area contributed by atoms with Gasteiger partial charge in [-0.05, 0) is 59.3 Å². The minimum Gasteiger partial charge on any atom is -0.474 e. The van der Waals surface area contributed by atoms with Crippen LogP contribution in [0.25, 0.3) is 0 Å². The van der Waals surface area contributed by atoms with Crippen LogP contribution in [-0.2, 0) is 11.3 Å². The van der Waals surface area contributed by atoms with Crippen LogP contribution < -0.4 is 20.3 Å². The molecule has 0 radical (unpaired) electrons. The number of carbonyl (C=O) groups is 2. The van der Waals surface area contributed by atoms with E-state index in [0.717, 1.165) is 40.8 Å². The Morgan fingerprint density at radius 2 is 2.09 bits per heavy atom. The van der Waals surface area contributed by atoms with Crippen molar-refractivity contribution in [2.24, 2.45) is 5.92 Å². The largest absolute Gasteiger partial charge is 0.474 e. The number of halogens is 1. The molecule has 0 saturated heterocycles. The summed E-state index contributed by atoms with van der Waals surface area (Å²) < 4.78 is 6.56. The van der Waals surface area contributed by atoms with Crippen molar-refractivity contribution in [1.29, 1.82) is 0 Å². The smallest absolute Gasteiger partial charge is 0.262 e. The second-order valence-electron chi connectivity index (χ2n) is 9.69. The Morgan fingerprint density at radius 3 is 2.83 bits per heavy atom. The normalized spacial score (nSPS) is 22.6. The van der Waals surface area contributed by atoms with E-state index in [4.69, 9.17) is 4.74 Å². The Kier molecular flexibility index (Phi) is 7.59. The van der Waals surface area contributed by atoms with Crippen molar-refractivity contribution < 1.29 is 19.4 Å². The summed E-state index contributed by atoms with van der Waals surface area (Å²) in [5.41, 5.74) is 0.927. The molecule has 188 valence electrons. The Morgan fingerprint density at radius 1 is 1.26 bits per heavy atom. The van der Waals surface area contributed by atoms with Crippen LogP contribution in [0.1, 0.15) is 59.5 Å². The first-order valence-electron chi connectivity index (χ1n) is 12.4. The number of anilines is 1. The number of ether oxygens (including phenoxy) is 1. The standard InChI is InChI=1S/C25H31BrN4O4S/c26-16-12-20-25(27-13-16)34-10-9-30(20)14-17-5-8-22(35-17)24(33)29-19(11-15-3-1-2-4-15)23(32)28-18-6-7-21(18)31/h5,8,12-13,15,18-19,21,31H,1-4,6-7,9-11,14H2,(H,28,32)(H,29,33). The molecule has 1 aliphatic heterocycles. The van der Waals surface area contributed by atoms with E-state index in [2.05, 4.69) is 36.4 Å². The van der Waals surface area contributed by atoms with Crippen molar-refractivity contribution in [2.75, 3.05) is 18.1 Å². The van der Waals surface area contributed by atoms with Gasteiger partial charge in [-0.3, -0.25) is 9.59 Å². The number of aliphatic hydroxyl groups excluding tert-OH is 1. The van der Waals surface area contributed by atoms with Gasteiger partial charge in [-0.25, -0.2) is 4.98 Å². The van der Waals surface area contributed by atoms with Crippen LogP contribution in [-0.4, -0.2) is 53.2 Å². The number of rotatable bonds is 8. The molecule has 5 rings (SSSR count). The van der Waals surface area contributed by atoms with E-state index in [-0.39, 0.29) is 17.9 Å². The second-order valence-corrected chi connectivity index (χ2v) is 11.8. The third-order valence-corrected chi connectivity index (χ3v) is 8.71. The Bertz CT molecular complexity index is 1070. The molecule has 2 saturated carbocycles. The van der Waals surface area contributed by atoms with Gasteiger partial charge in [0.25, 0.3) is 5.91 Å². The molecule has 10 heteroatoms. The molecule has 3 N–H and O–H groups in total. The number of carbonyl (C=O) groups excluding carboxylic acids is 2. The van der Waals surface area contributed by atoms with Crippen LogP contribution in [0.5, 0.6) is 5.88 Å². The minimum atomic E-state index is -0.585. The molecule has 3 unspecified atom stereocenters. The maximum Gasteiger partial charge on any atom is 0.262 e. The van der Waals surface area contributed by atoms with Crippen LogP contribution in [0.4, 0.5) is 5.69 Å². The first-order chi connectivity index (χ1) is 17.0. The van der Waals surface area contributed by atoms with Crippen LogP contribution >= 0.6 is 27.3 Å². The number of thiophene rings is 1. The molecular weight excluding hydrogens is 532 g/mol. The lowest BCUT2D eigenvalue weighted by Gasteiger charge is -2.34. The molecule has 2 fully saturated rings. The van der Waals surface area contributed by atoms with E-state index in [0.29, 0.717) is 42.7 Å². The van der Waals surface area contributed by atoms with Gasteiger partial charge in [0.15, 0.2) is 0 Å². The SMILES string of the molecule is O=C(NC(CC1CCCC1)C(=O)NC1CCC1O)c1ccc(CN2CCOc3ncc(Br)cc32)s1. The summed E-state index contributed by atoms with van der Waals surface area (Å²) in [4.78, 5) is 34.3. The molecule has 2 aromatic rings. The lowest BCUT2D eigenvalue weighted by molar-refractivity contribution is -0.126. The third-order valence-electron chi connectivity index (χ3n) is 7.20. The van der Waals surface area contributed by atoms with Crippen molar-refractivity contribution in [1.82, 2.24) is 15.6 Å². The zero-order valence-electron chi connectivity index (χ0n) is 19.5. The Balaban J connectivity index is 1.24. The first-order valence-corrected chi connectivity index (χ1v) is 14.0. The van der Waals surface area contributed by atoms with Gasteiger partial charge in [0.1, 0.15) is 18.3 Å². The fourth-order valence-electron chi connectivity index (χ4n) is 5.04. The fraction of sp³-hybridized carbons (Fsp3) is 0.560. The van der Waals surface area contributed by atoms with Gasteiger partial charge in [-0.15, -0.1) is 11.3 Å². The topological polar surface area (TPSA) is 104 Å². The van der Waals surface area contributed by atoms with Crippen LogP contribution in [0.3, 0.4) is 0 Å². The van der Waals surface area contributed by atoms with Crippen LogP contribution in [0.15, 0.2) is 28.9 Å². The van der Waals surface area contributed by atoms with E-state index < -0.39 is 12.1 Å². The maximum absolute atomic E-state index is 13.1. The molecular formula is C25H31BrN4O4S. The van der Waals surface area contributed by atoms with E-state index in [1.807, 2.05) is 18.2 Å². The molecule has 0 bridgehead atoms. The highest BCUT2D eigenvalue weighted by Gasteiger charge is 2.34. The van der Waals surface area contributed by atoms with Gasteiger partial charge < -0.3 is 25.4 Å². The molecule has 3 aliphatic rings. The molecule has 2 amide bonds. The fourth-order valence-corrected chi connectivity index (χ4v) is 6.28. The lowest BCUT2D eigenvalue weighted by atomic mass is 9.88. The predicted octanol–water partition coefficient (Wildman–Crippen LogP) is 3.62. The van der Waals surface area contributed by atoms with Crippen LogP contribution in [0.2, 0.25) is 0 Å². The molecule has 2 aromatic heterocycles. The molecule has 8 nitrogen and oxygen atoms in total. The van der Waals surface area contributed by atoms with Gasteiger partial charge in [0.05, 0.1) is 30.1 Å². The first kappa shape index (κ1) is 24.5. The number of nitrogens with one attached hydrogen (secondary N) is 2. The number of aromatic nitrogens is 1. The van der Waals surface area contributed by atoms with Crippen molar-refractivity contribution >= 4 is 44.8 Å². The quantitative estimate of drug-likeness (QED) is 0.454. The van der Waals surface area contributed by atoms with Gasteiger partial charge >= 0.3 is 0 Å². The molecule has 2 aliphatic carbocycles. The number of hydrogen-bond acceptors (Lipinski definition) is 7. The summed E-state index contributed by atoms with van der Waals surface area (Å²) in [6.07, 6.45) is 7.93. The van der Waals surface area contributed by atoms with Crippen molar-refractivity contribution in [3.63, 3.8) is 0 Å². The van der Waals surface area contributed by atoms with Gasteiger partial charge in [0.2, 0.25) is 11.8 Å². The average Bonchev–Trinajstić information content (AvgIpc) is 3.54. The highest BCUT2D eigenvalue weighted by molar-refractivity contribution is 9.10. The highest BCUT2D eigenvalue weighted by Crippen LogP contribution is 2.34. The van der Waals surface area contributed by atoms with Gasteiger partial charge in [-0.2, -0.15) is 0 Å². The maximum atomic E-state index is 13.1. The van der Waals surface area contributed by atoms with E-state index in [1.165, 1.54) is 24.2 Å². The zero-order chi connectivity index (χ0) is 24.4. The summed E-state index contributed by atoms with van der Waals surface area (Å²) in [5, 5.41) is 15.8. The summed E-state index contributed by atoms with van der Waals surface area (Å²) in [5.74, 6) is 0.658. The summed E-state index contributed by atoms with van der Waals surface area (Å²) in [7, 11) is 0. The highest BCUT2D eigenvalue weighted by atomic mass is 79.9. The van der Waals surface area contributed by atoms with E-state index >= 15 is 0 Å². The Labute approximate surface area is 217 Å². The minimum absolute atomic E-state index is 0.186. The summed E-state index contributed by atoms with van der Waals surface area (Å²) in [6, 6.07) is 5.00. The average molecular weight is 564 g/mol. The molecule has 3 heterocycles. The summed E-state index contributed by atoms with van der Waals surface area (Å²) >= 11 is 4.92. The number of nitrogens with zero attached hydrogens (tertiary/aromatic N) is 2. The number of aliphatic hydroxyl groups is 1. The van der Waals surface area contributed by atoms with Gasteiger partial charge in [0, 0.05) is 15.5 Å². The molecule has 0 aromatic carbocycles. The predicted molar refractivity (Wildman–Crippen MR) is 138 cm³/mol. The molecule has 3 atom stereocenters. The number of amides is 2. The van der Waals surface area contributed by atoms with Crippen molar-refractivity contribution in [3.8, 4) is 5.88 Å². The Hall–Kier alpha value is -2.17. The third kappa shape index (κ3) is 5.81. The van der Waals surface area contributed by atoms with Gasteiger partial charge in [-0.1, -0.05) is 25.7 Å². The van der Waals surface area contributed by atoms with E-state index in [1.54, 1.807) is 6.20 Å². The van der Waals surface area contributed by atoms with Crippen molar-refractivity contribution in [3.05, 3.63) is 38.6 Å². The number of pyridine rings is 1. The second kappa shape index (κ2) is 10.8. The zero-order valence-corrected chi connectivity index (χ0v) is 21.9. The van der Waals surface area contributed by atoms with E-state index in [9.17, 15) is 14.7 Å². The molecule has 35 heavy (non-hydrogen) atoms. The van der Waals surface area contributed by atoms with Crippen molar-refractivity contribution in [2.45, 2.75) is 69.7 Å². The summed E-state index contributed by atoms with van der Waals surface area (Å²) in [6.45, 7) is 1.95. The monoisotopic (exact) mass is 562 g/mol. The number of hydrogen-bond donors (Lipinski definition) is 3. The van der Waals surface area contributed by atoms with Crippen LogP contribution in [0, 0.1) is 5.92 Å². The number of fused-ring (bicyclic) bond motifs is 1.